The van der Waals surface area contributed by atoms with Gasteiger partial charge >= 0.3 is 0 Å². The minimum Gasteiger partial charge on any atom is -0.484 e. The number of carbonyl (C=O) groups is 2. The fourth-order valence-corrected chi connectivity index (χ4v) is 1.61. The highest BCUT2D eigenvalue weighted by Gasteiger charge is 2.03. The molecule has 1 aromatic carbocycles. The molecule has 0 heterocycles. The van der Waals surface area contributed by atoms with Gasteiger partial charge in [-0.2, -0.15) is 0 Å². The Labute approximate surface area is 118 Å². The van der Waals surface area contributed by atoms with E-state index in [2.05, 4.69) is 10.6 Å². The first-order valence-corrected chi connectivity index (χ1v) is 6.53. The Morgan fingerprint density at radius 3 is 2.85 bits per heavy atom. The van der Waals surface area contributed by atoms with Crippen LogP contribution in [0.25, 0.3) is 0 Å². The number of rotatable bonds is 9. The van der Waals surface area contributed by atoms with E-state index in [1.54, 1.807) is 18.2 Å². The van der Waals surface area contributed by atoms with Crippen molar-refractivity contribution < 1.29 is 14.3 Å². The predicted molar refractivity (Wildman–Crippen MR) is 76.1 cm³/mol. The van der Waals surface area contributed by atoms with Gasteiger partial charge in [0.1, 0.15) is 5.75 Å². The maximum absolute atomic E-state index is 11.6. The van der Waals surface area contributed by atoms with Crippen LogP contribution >= 0.6 is 0 Å². The Balaban J connectivity index is 2.38. The number of carbonyl (C=O) groups excluding carboxylic acids is 2. The fraction of sp³-hybridized carbons (Fsp3) is 0.429. The van der Waals surface area contributed by atoms with Crippen molar-refractivity contribution in [1.82, 2.24) is 10.6 Å². The summed E-state index contributed by atoms with van der Waals surface area (Å²) in [4.78, 5) is 22.2. The van der Waals surface area contributed by atoms with Gasteiger partial charge in [-0.05, 0) is 37.7 Å². The SMILES string of the molecule is CNCCCC(=O)NCc1cccc(OCC(N)=O)c1. The molecule has 0 atom stereocenters. The maximum atomic E-state index is 11.6. The summed E-state index contributed by atoms with van der Waals surface area (Å²) in [5, 5.41) is 5.83. The lowest BCUT2D eigenvalue weighted by Gasteiger charge is -2.08. The number of primary amides is 1. The zero-order valence-electron chi connectivity index (χ0n) is 11.6. The van der Waals surface area contributed by atoms with Crippen molar-refractivity contribution in [2.45, 2.75) is 19.4 Å². The van der Waals surface area contributed by atoms with E-state index in [1.807, 2.05) is 13.1 Å². The van der Waals surface area contributed by atoms with Crippen molar-refractivity contribution in [1.29, 1.82) is 0 Å². The molecular formula is C14H21N3O3. The zero-order valence-corrected chi connectivity index (χ0v) is 11.6. The molecule has 1 rings (SSSR count). The van der Waals surface area contributed by atoms with Crippen LogP contribution in [-0.2, 0) is 16.1 Å². The Hall–Kier alpha value is -2.08. The highest BCUT2D eigenvalue weighted by Crippen LogP contribution is 2.13. The maximum Gasteiger partial charge on any atom is 0.255 e. The smallest absolute Gasteiger partial charge is 0.255 e. The first-order chi connectivity index (χ1) is 9.61. The Bertz CT molecular complexity index is 449. The summed E-state index contributed by atoms with van der Waals surface area (Å²) in [5.41, 5.74) is 5.92. The van der Waals surface area contributed by atoms with E-state index in [1.165, 1.54) is 0 Å². The first kappa shape index (κ1) is 16.0. The molecule has 0 saturated heterocycles. The van der Waals surface area contributed by atoms with Crippen LogP contribution < -0.4 is 21.1 Å². The number of ether oxygens (including phenoxy) is 1. The number of nitrogens with two attached hydrogens (primary N) is 1. The molecule has 0 aliphatic heterocycles. The normalized spacial score (nSPS) is 10.1. The third kappa shape index (κ3) is 6.75. The molecule has 20 heavy (non-hydrogen) atoms. The van der Waals surface area contributed by atoms with E-state index in [0.29, 0.717) is 18.7 Å². The molecule has 0 radical (unpaired) electrons. The minimum atomic E-state index is -0.520. The molecule has 0 aliphatic carbocycles. The van der Waals surface area contributed by atoms with E-state index >= 15 is 0 Å². The van der Waals surface area contributed by atoms with Crippen LogP contribution in [0.2, 0.25) is 0 Å². The number of hydrogen-bond donors (Lipinski definition) is 3. The zero-order chi connectivity index (χ0) is 14.8. The van der Waals surface area contributed by atoms with Gasteiger partial charge in [-0.1, -0.05) is 12.1 Å². The molecule has 1 aromatic rings. The van der Waals surface area contributed by atoms with Crippen LogP contribution in [0.5, 0.6) is 5.75 Å². The molecule has 4 N–H and O–H groups in total. The molecule has 0 aromatic heterocycles. The minimum absolute atomic E-state index is 0.0173. The lowest BCUT2D eigenvalue weighted by molar-refractivity contribution is -0.121. The largest absolute Gasteiger partial charge is 0.484 e. The van der Waals surface area contributed by atoms with Crippen LogP contribution in [0.3, 0.4) is 0 Å². The molecule has 0 fully saturated rings. The molecule has 0 unspecified atom stereocenters. The van der Waals surface area contributed by atoms with Gasteiger partial charge in [0.25, 0.3) is 5.91 Å². The van der Waals surface area contributed by atoms with Gasteiger partial charge in [-0.15, -0.1) is 0 Å². The van der Waals surface area contributed by atoms with E-state index in [0.717, 1.165) is 18.5 Å². The van der Waals surface area contributed by atoms with Gasteiger partial charge < -0.3 is 21.1 Å². The van der Waals surface area contributed by atoms with Crippen molar-refractivity contribution in [2.24, 2.45) is 5.73 Å². The quantitative estimate of drug-likeness (QED) is 0.562. The number of benzene rings is 1. The van der Waals surface area contributed by atoms with Crippen molar-refractivity contribution in [2.75, 3.05) is 20.2 Å². The second-order valence-corrected chi connectivity index (χ2v) is 4.39. The van der Waals surface area contributed by atoms with Gasteiger partial charge in [-0.25, -0.2) is 0 Å². The first-order valence-electron chi connectivity index (χ1n) is 6.53. The summed E-state index contributed by atoms with van der Waals surface area (Å²) in [6.07, 6.45) is 1.31. The third-order valence-corrected chi connectivity index (χ3v) is 2.60. The standard InChI is InChI=1S/C14H21N3O3/c1-16-7-3-6-14(19)17-9-11-4-2-5-12(8-11)20-10-13(15)18/h2,4-5,8,16H,3,6-7,9-10H2,1H3,(H2,15,18)(H,17,19). The van der Waals surface area contributed by atoms with E-state index in [9.17, 15) is 9.59 Å². The lowest BCUT2D eigenvalue weighted by atomic mass is 10.2. The molecule has 6 nitrogen and oxygen atoms in total. The summed E-state index contributed by atoms with van der Waals surface area (Å²) in [6, 6.07) is 7.20. The third-order valence-electron chi connectivity index (χ3n) is 2.60. The molecule has 0 aliphatic rings. The van der Waals surface area contributed by atoms with Crippen LogP contribution in [0, 0.1) is 0 Å². The summed E-state index contributed by atoms with van der Waals surface area (Å²) < 4.78 is 5.20. The molecular weight excluding hydrogens is 258 g/mol. The number of hydrogen-bond acceptors (Lipinski definition) is 4. The van der Waals surface area contributed by atoms with Crippen LogP contribution in [0.15, 0.2) is 24.3 Å². The molecule has 2 amide bonds. The topological polar surface area (TPSA) is 93.4 Å². The molecule has 0 saturated carbocycles. The fourth-order valence-electron chi connectivity index (χ4n) is 1.61. The number of amides is 2. The molecule has 6 heteroatoms. The van der Waals surface area contributed by atoms with Crippen molar-refractivity contribution in [3.05, 3.63) is 29.8 Å². The van der Waals surface area contributed by atoms with Gasteiger partial charge in [0, 0.05) is 13.0 Å². The van der Waals surface area contributed by atoms with Gasteiger partial charge in [-0.3, -0.25) is 9.59 Å². The summed E-state index contributed by atoms with van der Waals surface area (Å²) in [6.45, 7) is 1.11. The Morgan fingerprint density at radius 1 is 1.35 bits per heavy atom. The van der Waals surface area contributed by atoms with E-state index in [-0.39, 0.29) is 12.5 Å². The lowest BCUT2D eigenvalue weighted by Crippen LogP contribution is -2.23. The van der Waals surface area contributed by atoms with Gasteiger partial charge in [0.15, 0.2) is 6.61 Å². The van der Waals surface area contributed by atoms with Gasteiger partial charge in [0.2, 0.25) is 5.91 Å². The average Bonchev–Trinajstić information content (AvgIpc) is 2.44. The molecule has 110 valence electrons. The van der Waals surface area contributed by atoms with Gasteiger partial charge in [0.05, 0.1) is 0 Å². The van der Waals surface area contributed by atoms with Crippen LogP contribution in [-0.4, -0.2) is 32.0 Å². The highest BCUT2D eigenvalue weighted by molar-refractivity contribution is 5.76. The van der Waals surface area contributed by atoms with Crippen molar-refractivity contribution in [3.8, 4) is 5.75 Å². The molecule has 0 spiro atoms. The summed E-state index contributed by atoms with van der Waals surface area (Å²) >= 11 is 0. The monoisotopic (exact) mass is 279 g/mol. The average molecular weight is 279 g/mol. The second kappa shape index (κ2) is 8.92. The summed E-state index contributed by atoms with van der Waals surface area (Å²) in [7, 11) is 1.86. The Kier molecular flexibility index (Phi) is 7.13. The van der Waals surface area contributed by atoms with E-state index in [4.69, 9.17) is 10.5 Å². The highest BCUT2D eigenvalue weighted by atomic mass is 16.5. The Morgan fingerprint density at radius 2 is 2.15 bits per heavy atom. The van der Waals surface area contributed by atoms with Crippen LogP contribution in [0.1, 0.15) is 18.4 Å². The summed E-state index contributed by atoms with van der Waals surface area (Å²) in [5.74, 6) is 0.0580. The van der Waals surface area contributed by atoms with Crippen molar-refractivity contribution in [3.63, 3.8) is 0 Å². The molecule has 0 bridgehead atoms. The van der Waals surface area contributed by atoms with E-state index < -0.39 is 5.91 Å². The predicted octanol–water partition coefficient (Wildman–Crippen LogP) is 0.166. The van der Waals surface area contributed by atoms with Crippen LogP contribution in [0.4, 0.5) is 0 Å². The second-order valence-electron chi connectivity index (χ2n) is 4.39. The van der Waals surface area contributed by atoms with Crippen molar-refractivity contribution >= 4 is 11.8 Å². The number of nitrogens with one attached hydrogen (secondary N) is 2.